The summed E-state index contributed by atoms with van der Waals surface area (Å²) in [5, 5.41) is 17.3. The maximum atomic E-state index is 13.5. The van der Waals surface area contributed by atoms with Crippen LogP contribution in [0.5, 0.6) is 5.75 Å². The van der Waals surface area contributed by atoms with Gasteiger partial charge in [-0.05, 0) is 56.0 Å². The first kappa shape index (κ1) is 28.0. The molecule has 1 aromatic carbocycles. The maximum Gasteiger partial charge on any atom is 0.412 e. The molecule has 3 aromatic rings. The number of hydrogen-bond donors (Lipinski definition) is 3. The molecule has 2 aliphatic heterocycles. The molecule has 0 fully saturated rings. The molecule has 214 valence electrons. The fourth-order valence-corrected chi connectivity index (χ4v) is 5.38. The lowest BCUT2D eigenvalue weighted by atomic mass is 9.86. The molecule has 41 heavy (non-hydrogen) atoms. The second-order valence-electron chi connectivity index (χ2n) is 10.3. The minimum absolute atomic E-state index is 0.0713. The average molecular weight is 561 g/mol. The van der Waals surface area contributed by atoms with E-state index in [9.17, 15) is 24.3 Å². The minimum atomic E-state index is -1.89. The Morgan fingerprint density at radius 3 is 2.63 bits per heavy atom. The second-order valence-corrected chi connectivity index (χ2v) is 10.3. The van der Waals surface area contributed by atoms with Crippen LogP contribution in [0, 0.1) is 0 Å². The van der Waals surface area contributed by atoms with Crippen molar-refractivity contribution in [2.75, 3.05) is 13.1 Å². The fourth-order valence-electron chi connectivity index (χ4n) is 5.38. The quantitative estimate of drug-likeness (QED) is 0.169. The molecule has 1 atom stereocenters. The SMILES string of the molecule is C=C(C)C(=O)NCCCNC(=O)Oc1ccc2nc3c(c(CC)c2c1)Cn1c-3cc2c(c1=O)COC(=O)[C@@]2(O)CC. The molecule has 0 radical (unpaired) electrons. The molecule has 2 aliphatic rings. The summed E-state index contributed by atoms with van der Waals surface area (Å²) in [5.74, 6) is -0.648. The van der Waals surface area contributed by atoms with Crippen molar-refractivity contribution in [2.45, 2.75) is 58.8 Å². The number of amides is 2. The molecule has 5 rings (SSSR count). The van der Waals surface area contributed by atoms with Gasteiger partial charge in [0.2, 0.25) is 5.91 Å². The summed E-state index contributed by atoms with van der Waals surface area (Å²) in [4.78, 5) is 54.7. The topological polar surface area (TPSA) is 149 Å². The van der Waals surface area contributed by atoms with Crippen LogP contribution in [0.15, 0.2) is 41.2 Å². The zero-order chi connectivity index (χ0) is 29.5. The first-order valence-corrected chi connectivity index (χ1v) is 13.6. The van der Waals surface area contributed by atoms with Crippen LogP contribution in [0.3, 0.4) is 0 Å². The highest BCUT2D eigenvalue weighted by atomic mass is 16.6. The number of pyridine rings is 2. The number of hydrogen-bond acceptors (Lipinski definition) is 8. The monoisotopic (exact) mass is 560 g/mol. The van der Waals surface area contributed by atoms with Gasteiger partial charge in [-0.15, -0.1) is 0 Å². The third-order valence-corrected chi connectivity index (χ3v) is 7.64. The van der Waals surface area contributed by atoms with Gasteiger partial charge >= 0.3 is 12.1 Å². The van der Waals surface area contributed by atoms with Gasteiger partial charge in [-0.25, -0.2) is 14.6 Å². The third kappa shape index (κ3) is 4.86. The van der Waals surface area contributed by atoms with Gasteiger partial charge in [0.15, 0.2) is 5.60 Å². The van der Waals surface area contributed by atoms with Crippen molar-refractivity contribution in [1.29, 1.82) is 0 Å². The van der Waals surface area contributed by atoms with Crippen molar-refractivity contribution in [1.82, 2.24) is 20.2 Å². The van der Waals surface area contributed by atoms with Crippen LogP contribution in [0.1, 0.15) is 55.9 Å². The Labute approximate surface area is 236 Å². The third-order valence-electron chi connectivity index (χ3n) is 7.64. The van der Waals surface area contributed by atoms with E-state index in [1.807, 2.05) is 6.92 Å². The summed E-state index contributed by atoms with van der Waals surface area (Å²) in [7, 11) is 0. The number of fused-ring (bicyclic) bond motifs is 5. The van der Waals surface area contributed by atoms with Gasteiger partial charge < -0.3 is 29.8 Å². The highest BCUT2D eigenvalue weighted by Crippen LogP contribution is 2.40. The molecule has 0 unspecified atom stereocenters. The van der Waals surface area contributed by atoms with Crippen molar-refractivity contribution >= 4 is 28.9 Å². The van der Waals surface area contributed by atoms with E-state index in [0.717, 1.165) is 16.5 Å². The Balaban J connectivity index is 1.41. The number of nitrogens with one attached hydrogen (secondary N) is 2. The zero-order valence-corrected chi connectivity index (χ0v) is 23.3. The number of carbonyl (C=O) groups excluding carboxylic acids is 3. The van der Waals surface area contributed by atoms with Gasteiger partial charge in [-0.2, -0.15) is 0 Å². The van der Waals surface area contributed by atoms with Crippen molar-refractivity contribution < 1.29 is 29.0 Å². The summed E-state index contributed by atoms with van der Waals surface area (Å²) in [5.41, 5.74) is 2.41. The van der Waals surface area contributed by atoms with Crippen LogP contribution in [-0.4, -0.2) is 45.7 Å². The lowest BCUT2D eigenvalue weighted by Gasteiger charge is -2.31. The molecular weight excluding hydrogens is 528 g/mol. The van der Waals surface area contributed by atoms with Crippen molar-refractivity contribution in [2.24, 2.45) is 0 Å². The zero-order valence-electron chi connectivity index (χ0n) is 23.3. The summed E-state index contributed by atoms with van der Waals surface area (Å²) >= 11 is 0. The number of aromatic nitrogens is 2. The molecule has 0 bridgehead atoms. The van der Waals surface area contributed by atoms with Gasteiger partial charge in [-0.3, -0.25) is 9.59 Å². The minimum Gasteiger partial charge on any atom is -0.458 e. The number of rotatable bonds is 8. The standard InChI is InChI=1S/C30H32N4O7/c1-5-18-19-12-17(41-29(38)32-11-7-10-31-26(35)16(3)4)8-9-23(19)33-25-20(18)14-34-24(25)13-22-21(27(34)36)15-40-28(37)30(22,39)6-2/h8-9,12-13,39H,3,5-7,10-11,14-15H2,1-2,4H3,(H,31,35)(H,32,38)/t30-/m1/s1. The van der Waals surface area contributed by atoms with Crippen molar-refractivity contribution in [3.63, 3.8) is 0 Å². The van der Waals surface area contributed by atoms with Crippen molar-refractivity contribution in [3.05, 3.63) is 69.0 Å². The Morgan fingerprint density at radius 1 is 1.17 bits per heavy atom. The lowest BCUT2D eigenvalue weighted by molar-refractivity contribution is -0.172. The van der Waals surface area contributed by atoms with Gasteiger partial charge in [0.25, 0.3) is 5.56 Å². The van der Waals surface area contributed by atoms with E-state index in [2.05, 4.69) is 17.2 Å². The van der Waals surface area contributed by atoms with E-state index in [0.29, 0.717) is 54.2 Å². The number of ether oxygens (including phenoxy) is 2. The van der Waals surface area contributed by atoms with Crippen LogP contribution in [0.2, 0.25) is 0 Å². The molecule has 0 saturated carbocycles. The molecular formula is C30H32N4O7. The average Bonchev–Trinajstić information content (AvgIpc) is 3.32. The van der Waals surface area contributed by atoms with Gasteiger partial charge in [-0.1, -0.05) is 20.4 Å². The molecule has 0 saturated heterocycles. The first-order valence-electron chi connectivity index (χ1n) is 13.6. The fraction of sp³-hybridized carbons (Fsp3) is 0.367. The molecule has 0 spiro atoms. The Hall–Kier alpha value is -4.51. The van der Waals surface area contributed by atoms with Crippen LogP contribution >= 0.6 is 0 Å². The molecule has 11 nitrogen and oxygen atoms in total. The summed E-state index contributed by atoms with van der Waals surface area (Å²) in [6.45, 7) is 9.68. The van der Waals surface area contributed by atoms with E-state index < -0.39 is 17.7 Å². The van der Waals surface area contributed by atoms with Crippen LogP contribution < -0.4 is 20.9 Å². The normalized spacial score (nSPS) is 16.8. The number of cyclic esters (lactones) is 1. The van der Waals surface area contributed by atoms with E-state index in [1.165, 1.54) is 0 Å². The molecule has 4 heterocycles. The Bertz CT molecular complexity index is 1680. The highest BCUT2D eigenvalue weighted by Gasteiger charge is 2.45. The van der Waals surface area contributed by atoms with E-state index in [1.54, 1.807) is 42.7 Å². The maximum absolute atomic E-state index is 13.5. The number of benzene rings is 1. The summed E-state index contributed by atoms with van der Waals surface area (Å²) in [6, 6.07) is 6.85. The number of nitrogens with zero attached hydrogens (tertiary/aromatic N) is 2. The molecule has 3 N–H and O–H groups in total. The number of carbonyl (C=O) groups is 3. The number of aryl methyl sites for hydroxylation is 1. The van der Waals surface area contributed by atoms with E-state index in [-0.39, 0.29) is 42.2 Å². The smallest absolute Gasteiger partial charge is 0.412 e. The van der Waals surface area contributed by atoms with Gasteiger partial charge in [0.05, 0.1) is 29.0 Å². The van der Waals surface area contributed by atoms with Crippen LogP contribution in [0.4, 0.5) is 4.79 Å². The van der Waals surface area contributed by atoms with Gasteiger partial charge in [0.1, 0.15) is 12.4 Å². The van der Waals surface area contributed by atoms with Crippen LogP contribution in [0.25, 0.3) is 22.3 Å². The predicted octanol–water partition coefficient (Wildman–Crippen LogP) is 2.81. The Morgan fingerprint density at radius 2 is 1.93 bits per heavy atom. The summed E-state index contributed by atoms with van der Waals surface area (Å²) < 4.78 is 12.2. The van der Waals surface area contributed by atoms with Crippen molar-refractivity contribution in [3.8, 4) is 17.1 Å². The highest BCUT2D eigenvalue weighted by molar-refractivity contribution is 5.92. The van der Waals surface area contributed by atoms with E-state index in [4.69, 9.17) is 14.5 Å². The number of aliphatic hydroxyl groups is 1. The largest absolute Gasteiger partial charge is 0.458 e. The molecule has 11 heteroatoms. The number of esters is 1. The molecule has 2 aromatic heterocycles. The molecule has 2 amide bonds. The predicted molar refractivity (Wildman–Crippen MR) is 150 cm³/mol. The van der Waals surface area contributed by atoms with Crippen LogP contribution in [-0.2, 0) is 39.5 Å². The second kappa shape index (κ2) is 10.8. The first-order chi connectivity index (χ1) is 19.6. The van der Waals surface area contributed by atoms with E-state index >= 15 is 0 Å². The summed E-state index contributed by atoms with van der Waals surface area (Å²) in [6.07, 6.45) is 0.617. The lowest BCUT2D eigenvalue weighted by Crippen LogP contribution is -2.44. The Kier molecular flexibility index (Phi) is 7.39. The molecule has 0 aliphatic carbocycles. The van der Waals surface area contributed by atoms with Gasteiger partial charge in [0, 0.05) is 35.2 Å².